The molecule has 5 heteroatoms. The Morgan fingerprint density at radius 1 is 1.04 bits per heavy atom. The smallest absolute Gasteiger partial charge is 0.239 e. The molecule has 0 bridgehead atoms. The summed E-state index contributed by atoms with van der Waals surface area (Å²) in [6, 6.07) is 15.1. The van der Waals surface area contributed by atoms with Crippen molar-refractivity contribution < 1.29 is 14.4 Å². The number of benzene rings is 2. The zero-order valence-corrected chi connectivity index (χ0v) is 12.9. The molecule has 4 nitrogen and oxygen atoms in total. The summed E-state index contributed by atoms with van der Waals surface area (Å²) in [6.07, 6.45) is 0.104. The van der Waals surface area contributed by atoms with Gasteiger partial charge in [0.25, 0.3) is 0 Å². The number of carbonyl (C=O) groups is 3. The molecule has 0 saturated carbocycles. The minimum atomic E-state index is -1.30. The summed E-state index contributed by atoms with van der Waals surface area (Å²) in [7, 11) is 0. The van der Waals surface area contributed by atoms with Crippen molar-refractivity contribution in [3.05, 3.63) is 70.7 Å². The van der Waals surface area contributed by atoms with Crippen LogP contribution in [0.4, 0.5) is 0 Å². The van der Waals surface area contributed by atoms with Crippen molar-refractivity contribution in [3.8, 4) is 0 Å². The van der Waals surface area contributed by atoms with E-state index in [2.05, 4.69) is 5.32 Å². The van der Waals surface area contributed by atoms with Crippen molar-refractivity contribution >= 4 is 29.1 Å². The second kappa shape index (κ2) is 6.34. The maximum Gasteiger partial charge on any atom is 0.239 e. The first-order valence-electron chi connectivity index (χ1n) is 7.24. The predicted octanol–water partition coefficient (Wildman–Crippen LogP) is 2.97. The van der Waals surface area contributed by atoms with E-state index in [0.717, 1.165) is 5.56 Å². The van der Waals surface area contributed by atoms with Gasteiger partial charge in [-0.25, -0.2) is 0 Å². The highest BCUT2D eigenvalue weighted by atomic mass is 35.5. The van der Waals surface area contributed by atoms with Crippen molar-refractivity contribution in [1.29, 1.82) is 0 Å². The van der Waals surface area contributed by atoms with Gasteiger partial charge in [0.1, 0.15) is 0 Å². The van der Waals surface area contributed by atoms with Crippen molar-refractivity contribution in [1.82, 2.24) is 5.32 Å². The van der Waals surface area contributed by atoms with E-state index in [1.807, 2.05) is 30.3 Å². The molecule has 3 rings (SSSR count). The Morgan fingerprint density at radius 3 is 2.43 bits per heavy atom. The molecule has 1 amide bonds. The number of halogens is 1. The lowest BCUT2D eigenvalue weighted by molar-refractivity contribution is -0.136. The van der Waals surface area contributed by atoms with Crippen LogP contribution in [0.1, 0.15) is 28.4 Å². The summed E-state index contributed by atoms with van der Waals surface area (Å²) in [5, 5.41) is 3.16. The van der Waals surface area contributed by atoms with Crippen LogP contribution in [0.5, 0.6) is 0 Å². The Kier molecular flexibility index (Phi) is 4.26. The third kappa shape index (κ3) is 3.17. The maximum absolute atomic E-state index is 12.5. The third-order valence-electron chi connectivity index (χ3n) is 3.88. The summed E-state index contributed by atoms with van der Waals surface area (Å²) < 4.78 is 0. The summed E-state index contributed by atoms with van der Waals surface area (Å²) >= 11 is 5.87. The monoisotopic (exact) mass is 327 g/mol. The van der Waals surface area contributed by atoms with Gasteiger partial charge in [0.05, 0.1) is 6.04 Å². The highest BCUT2D eigenvalue weighted by molar-refractivity contribution is 6.31. The van der Waals surface area contributed by atoms with Crippen LogP contribution in [0, 0.1) is 5.92 Å². The average molecular weight is 328 g/mol. The van der Waals surface area contributed by atoms with Crippen LogP contribution in [0.2, 0.25) is 5.02 Å². The molecule has 1 saturated heterocycles. The Labute approximate surface area is 138 Å². The zero-order chi connectivity index (χ0) is 16.4. The van der Waals surface area contributed by atoms with Crippen LogP contribution in [0.3, 0.4) is 0 Å². The molecule has 2 aromatic rings. The molecule has 1 N–H and O–H groups in total. The highest BCUT2D eigenvalue weighted by Crippen LogP contribution is 2.26. The van der Waals surface area contributed by atoms with Gasteiger partial charge in [-0.2, -0.15) is 0 Å². The van der Waals surface area contributed by atoms with Crippen LogP contribution in [-0.4, -0.2) is 17.5 Å². The fourth-order valence-electron chi connectivity index (χ4n) is 2.73. The number of nitrogens with one attached hydrogen (secondary N) is 1. The molecule has 1 aliphatic rings. The normalized spacial score (nSPS) is 20.9. The lowest BCUT2D eigenvalue weighted by atomic mass is 9.84. The Balaban J connectivity index is 1.82. The first kappa shape index (κ1) is 15.4. The molecule has 0 spiro atoms. The van der Waals surface area contributed by atoms with Crippen LogP contribution in [0.15, 0.2) is 54.6 Å². The number of piperidine rings is 1. The summed E-state index contributed by atoms with van der Waals surface area (Å²) in [5.41, 5.74) is 1.12. The summed E-state index contributed by atoms with van der Waals surface area (Å²) in [4.78, 5) is 37.2. The van der Waals surface area contributed by atoms with Gasteiger partial charge in [-0.15, -0.1) is 0 Å². The molecule has 116 valence electrons. The second-order valence-electron chi connectivity index (χ2n) is 5.45. The zero-order valence-electron chi connectivity index (χ0n) is 12.2. The molecule has 2 aromatic carbocycles. The van der Waals surface area contributed by atoms with Gasteiger partial charge in [0, 0.05) is 17.0 Å². The number of hydrogen-bond donors (Lipinski definition) is 1. The molecular weight excluding hydrogens is 314 g/mol. The van der Waals surface area contributed by atoms with Crippen molar-refractivity contribution in [2.45, 2.75) is 12.5 Å². The molecule has 1 fully saturated rings. The molecule has 0 aromatic heterocycles. The van der Waals surface area contributed by atoms with Gasteiger partial charge in [-0.3, -0.25) is 14.4 Å². The number of hydrogen-bond acceptors (Lipinski definition) is 3. The molecule has 2 unspecified atom stereocenters. The quantitative estimate of drug-likeness (QED) is 0.696. The minimum Gasteiger partial charge on any atom is -0.348 e. The summed E-state index contributed by atoms with van der Waals surface area (Å²) in [6.45, 7) is 0. The molecule has 2 atom stereocenters. The molecule has 1 aliphatic heterocycles. The molecule has 0 aliphatic carbocycles. The van der Waals surface area contributed by atoms with E-state index in [-0.39, 0.29) is 23.8 Å². The number of amides is 1. The molecule has 1 heterocycles. The fourth-order valence-corrected chi connectivity index (χ4v) is 2.92. The molecule has 0 radical (unpaired) electrons. The van der Waals surface area contributed by atoms with E-state index in [1.54, 1.807) is 18.2 Å². The lowest BCUT2D eigenvalue weighted by Crippen LogP contribution is -2.47. The van der Waals surface area contributed by atoms with Gasteiger partial charge in [-0.05, 0) is 17.7 Å². The van der Waals surface area contributed by atoms with Crippen LogP contribution in [0.25, 0.3) is 0 Å². The number of carbonyl (C=O) groups excluding carboxylic acids is 3. The predicted molar refractivity (Wildman–Crippen MR) is 86.2 cm³/mol. The second-order valence-corrected chi connectivity index (χ2v) is 5.89. The van der Waals surface area contributed by atoms with Gasteiger partial charge in [-0.1, -0.05) is 54.1 Å². The molecular formula is C18H14ClNO3. The van der Waals surface area contributed by atoms with Crippen molar-refractivity contribution in [2.24, 2.45) is 5.92 Å². The first-order chi connectivity index (χ1) is 11.1. The van der Waals surface area contributed by atoms with Crippen LogP contribution < -0.4 is 5.32 Å². The first-order valence-corrected chi connectivity index (χ1v) is 7.62. The van der Waals surface area contributed by atoms with E-state index in [9.17, 15) is 14.4 Å². The Bertz CT molecular complexity index is 755. The minimum absolute atomic E-state index is 0.104. The third-order valence-corrected chi connectivity index (χ3v) is 4.11. The Morgan fingerprint density at radius 2 is 1.78 bits per heavy atom. The topological polar surface area (TPSA) is 63.2 Å². The Hall–Kier alpha value is -2.46. The van der Waals surface area contributed by atoms with Crippen LogP contribution >= 0.6 is 11.6 Å². The number of rotatable bonds is 3. The van der Waals surface area contributed by atoms with Crippen LogP contribution in [-0.2, 0) is 9.59 Å². The summed E-state index contributed by atoms with van der Waals surface area (Å²) in [5.74, 6) is -2.73. The number of Topliss-reactive ketones (excluding diaryl/α,β-unsaturated/α-hetero) is 2. The van der Waals surface area contributed by atoms with Gasteiger partial charge in [0.15, 0.2) is 17.5 Å². The maximum atomic E-state index is 12.5. The highest BCUT2D eigenvalue weighted by Gasteiger charge is 2.40. The fraction of sp³-hybridized carbons (Fsp3) is 0.167. The van der Waals surface area contributed by atoms with E-state index in [1.165, 1.54) is 6.07 Å². The molecule has 23 heavy (non-hydrogen) atoms. The van der Waals surface area contributed by atoms with E-state index < -0.39 is 17.6 Å². The van der Waals surface area contributed by atoms with Crippen molar-refractivity contribution in [2.75, 3.05) is 0 Å². The van der Waals surface area contributed by atoms with Gasteiger partial charge >= 0.3 is 0 Å². The van der Waals surface area contributed by atoms with E-state index in [4.69, 9.17) is 11.6 Å². The van der Waals surface area contributed by atoms with Gasteiger partial charge < -0.3 is 5.32 Å². The van der Waals surface area contributed by atoms with Gasteiger partial charge in [0.2, 0.25) is 5.91 Å². The standard InChI is InChI=1S/C18H14ClNO3/c19-13-8-4-7-12(9-13)17(22)16-15(21)10-14(20-18(16)23)11-5-2-1-3-6-11/h1-9,14,16H,10H2,(H,20,23). The van der Waals surface area contributed by atoms with E-state index >= 15 is 0 Å². The largest absolute Gasteiger partial charge is 0.348 e. The lowest BCUT2D eigenvalue weighted by Gasteiger charge is -2.27. The SMILES string of the molecule is O=C1CC(c2ccccc2)NC(=O)C1C(=O)c1cccc(Cl)c1. The number of ketones is 2. The van der Waals surface area contributed by atoms with Crippen molar-refractivity contribution in [3.63, 3.8) is 0 Å². The average Bonchev–Trinajstić information content (AvgIpc) is 2.55. The van der Waals surface area contributed by atoms with E-state index in [0.29, 0.717) is 5.02 Å².